The third kappa shape index (κ3) is 5.86. The fourth-order valence-electron chi connectivity index (χ4n) is 5.71. The normalized spacial score (nSPS) is 15.9. The molecule has 2 atom stereocenters. The number of fused-ring (bicyclic) bond motifs is 2. The second-order valence-electron chi connectivity index (χ2n) is 10.6. The van der Waals surface area contributed by atoms with Gasteiger partial charge in [-0.05, 0) is 44.0 Å². The van der Waals surface area contributed by atoms with E-state index in [0.29, 0.717) is 40.5 Å². The van der Waals surface area contributed by atoms with Crippen LogP contribution in [0.1, 0.15) is 41.7 Å². The van der Waals surface area contributed by atoms with Gasteiger partial charge in [-0.3, -0.25) is 19.3 Å². The lowest BCUT2D eigenvalue weighted by Gasteiger charge is -2.33. The van der Waals surface area contributed by atoms with E-state index in [0.717, 1.165) is 12.8 Å². The number of benzene rings is 3. The number of methoxy groups -OCH3 is 2. The average Bonchev–Trinajstić information content (AvgIpc) is 3.83. The van der Waals surface area contributed by atoms with Crippen molar-refractivity contribution in [2.75, 3.05) is 39.1 Å². The summed E-state index contributed by atoms with van der Waals surface area (Å²) in [5.41, 5.74) is 1.88. The minimum absolute atomic E-state index is 0.0516. The van der Waals surface area contributed by atoms with Crippen molar-refractivity contribution in [3.05, 3.63) is 65.7 Å². The monoisotopic (exact) mass is 615 g/mol. The van der Waals surface area contributed by atoms with Gasteiger partial charge in [-0.15, -0.1) is 5.10 Å². The molecule has 0 spiro atoms. The van der Waals surface area contributed by atoms with Crippen molar-refractivity contribution >= 4 is 34.3 Å². The number of carbonyl (C=O) groups excluding carboxylic acids is 3. The lowest BCUT2D eigenvalue weighted by atomic mass is 9.98. The molecule has 0 bridgehead atoms. The molecule has 2 aliphatic rings. The summed E-state index contributed by atoms with van der Waals surface area (Å²) in [4.78, 5) is 43.4. The summed E-state index contributed by atoms with van der Waals surface area (Å²) in [6.07, 6.45) is 1.53. The molecule has 0 aliphatic carbocycles. The second-order valence-corrected chi connectivity index (χ2v) is 10.6. The van der Waals surface area contributed by atoms with Gasteiger partial charge in [0, 0.05) is 30.3 Å². The number of amides is 2. The summed E-state index contributed by atoms with van der Waals surface area (Å²) in [7, 11) is 2.94. The molecule has 6 rings (SSSR count). The highest BCUT2D eigenvalue weighted by Crippen LogP contribution is 2.44. The molecular formula is C32H33N5O8. The van der Waals surface area contributed by atoms with E-state index in [1.54, 1.807) is 36.4 Å². The molecule has 3 aromatic carbocycles. The van der Waals surface area contributed by atoms with Crippen molar-refractivity contribution in [1.29, 1.82) is 0 Å². The lowest BCUT2D eigenvalue weighted by molar-refractivity contribution is -0.127. The number of Topliss-reactive ketones (excluding diaryl/α,β-unsaturated/α-hetero) is 1. The molecule has 0 radical (unpaired) electrons. The van der Waals surface area contributed by atoms with E-state index in [9.17, 15) is 14.4 Å². The van der Waals surface area contributed by atoms with Crippen LogP contribution in [-0.4, -0.2) is 72.9 Å². The minimum atomic E-state index is -1.32. The van der Waals surface area contributed by atoms with Crippen LogP contribution in [0.15, 0.2) is 54.6 Å². The smallest absolute Gasteiger partial charge is 0.249 e. The van der Waals surface area contributed by atoms with Gasteiger partial charge in [-0.1, -0.05) is 29.5 Å². The van der Waals surface area contributed by atoms with Crippen LogP contribution < -0.4 is 29.2 Å². The Morgan fingerprint density at radius 3 is 2.60 bits per heavy atom. The van der Waals surface area contributed by atoms with Crippen molar-refractivity contribution in [2.45, 2.75) is 38.5 Å². The number of rotatable bonds is 11. The number of para-hydroxylation sites is 2. The van der Waals surface area contributed by atoms with Gasteiger partial charge in [0.15, 0.2) is 28.8 Å². The van der Waals surface area contributed by atoms with Gasteiger partial charge in [-0.2, -0.15) is 0 Å². The molecule has 1 saturated heterocycles. The van der Waals surface area contributed by atoms with E-state index >= 15 is 0 Å². The number of carbonyl (C=O) groups is 3. The number of nitrogens with one attached hydrogen (secondary N) is 1. The minimum Gasteiger partial charge on any atom is -0.493 e. The van der Waals surface area contributed by atoms with Gasteiger partial charge in [0.25, 0.3) is 0 Å². The van der Waals surface area contributed by atoms with E-state index in [4.69, 9.17) is 23.7 Å². The maximum atomic E-state index is 14.6. The van der Waals surface area contributed by atoms with E-state index < -0.39 is 17.9 Å². The van der Waals surface area contributed by atoms with Crippen LogP contribution in [0.25, 0.3) is 11.0 Å². The second kappa shape index (κ2) is 12.8. The summed E-state index contributed by atoms with van der Waals surface area (Å²) in [5, 5.41) is 11.4. The molecule has 1 aromatic heterocycles. The van der Waals surface area contributed by atoms with Crippen LogP contribution in [0.4, 0.5) is 5.69 Å². The molecule has 1 N–H and O–H groups in total. The molecule has 234 valence electrons. The fraction of sp³-hybridized carbons (Fsp3) is 0.344. The van der Waals surface area contributed by atoms with Gasteiger partial charge in [0.1, 0.15) is 18.1 Å². The zero-order chi connectivity index (χ0) is 31.5. The highest BCUT2D eigenvalue weighted by atomic mass is 16.7. The Kier molecular flexibility index (Phi) is 8.52. The van der Waals surface area contributed by atoms with Crippen molar-refractivity contribution in [3.8, 4) is 23.0 Å². The number of hydrogen-bond acceptors (Lipinski definition) is 10. The summed E-state index contributed by atoms with van der Waals surface area (Å²) >= 11 is 0. The number of hydrogen-bond donors (Lipinski definition) is 1. The summed E-state index contributed by atoms with van der Waals surface area (Å²) in [6.45, 7) is 1.88. The number of aromatic nitrogens is 3. The third-order valence-electron chi connectivity index (χ3n) is 7.87. The fourth-order valence-corrected chi connectivity index (χ4v) is 5.71. The van der Waals surface area contributed by atoms with Crippen LogP contribution >= 0.6 is 0 Å². The van der Waals surface area contributed by atoms with Crippen LogP contribution in [0.2, 0.25) is 0 Å². The van der Waals surface area contributed by atoms with E-state index in [-0.39, 0.29) is 48.8 Å². The topological polar surface area (TPSA) is 143 Å². The highest BCUT2D eigenvalue weighted by Gasteiger charge is 2.39. The Morgan fingerprint density at radius 1 is 1.07 bits per heavy atom. The third-order valence-corrected chi connectivity index (χ3v) is 7.87. The SMILES string of the molecule is COc1cccc([C@H](C(=O)NC[C@H]2CCCO2)N(C(=O)Cn2nnc3ccccc32)c2cc3c(cc2C(C)=O)OCO3)c1OC. The maximum Gasteiger partial charge on any atom is 0.249 e. The van der Waals surface area contributed by atoms with Gasteiger partial charge >= 0.3 is 0 Å². The molecule has 0 saturated carbocycles. The molecule has 2 aliphatic heterocycles. The average molecular weight is 616 g/mol. The Labute approximate surface area is 258 Å². The van der Waals surface area contributed by atoms with E-state index in [1.165, 1.54) is 36.8 Å². The van der Waals surface area contributed by atoms with Gasteiger partial charge < -0.3 is 29.0 Å². The largest absolute Gasteiger partial charge is 0.493 e. The quantitative estimate of drug-likeness (QED) is 0.249. The predicted molar refractivity (Wildman–Crippen MR) is 162 cm³/mol. The van der Waals surface area contributed by atoms with Crippen LogP contribution in [-0.2, 0) is 20.9 Å². The predicted octanol–water partition coefficient (Wildman–Crippen LogP) is 3.45. The highest BCUT2D eigenvalue weighted by molar-refractivity contribution is 6.09. The summed E-state index contributed by atoms with van der Waals surface area (Å²) in [5.74, 6) is -0.101. The number of anilines is 1. The van der Waals surface area contributed by atoms with Gasteiger partial charge in [0.05, 0.1) is 31.5 Å². The Morgan fingerprint density at radius 2 is 1.87 bits per heavy atom. The standard InChI is InChI=1S/C32H33N5O8/c1-19(38)22-14-27-28(45-18-44-27)15-25(22)37(29(39)17-36-24-11-5-4-10-23(24)34-35-36)30(32(40)33-16-20-8-7-13-43-20)21-9-6-12-26(41-2)31(21)42-3/h4-6,9-12,14-15,20,30H,7-8,13,16-18H2,1-3H3,(H,33,40)/t20-,30-/m1/s1. The van der Waals surface area contributed by atoms with Crippen molar-refractivity contribution < 1.29 is 38.1 Å². The summed E-state index contributed by atoms with van der Waals surface area (Å²) in [6, 6.07) is 14.1. The lowest BCUT2D eigenvalue weighted by Crippen LogP contribution is -2.47. The number of ketones is 1. The first-order chi connectivity index (χ1) is 21.9. The number of nitrogens with zero attached hydrogens (tertiary/aromatic N) is 4. The zero-order valence-corrected chi connectivity index (χ0v) is 25.1. The Hall–Kier alpha value is -5.17. The molecule has 13 nitrogen and oxygen atoms in total. The molecule has 1 fully saturated rings. The van der Waals surface area contributed by atoms with Crippen molar-refractivity contribution in [1.82, 2.24) is 20.3 Å². The first-order valence-electron chi connectivity index (χ1n) is 14.5. The molecular weight excluding hydrogens is 582 g/mol. The molecule has 2 amide bonds. The first-order valence-corrected chi connectivity index (χ1v) is 14.5. The molecule has 3 heterocycles. The van der Waals surface area contributed by atoms with Crippen LogP contribution in [0, 0.1) is 0 Å². The molecule has 4 aromatic rings. The van der Waals surface area contributed by atoms with Gasteiger partial charge in [0.2, 0.25) is 18.6 Å². The maximum absolute atomic E-state index is 14.6. The number of ether oxygens (including phenoxy) is 5. The van der Waals surface area contributed by atoms with Crippen LogP contribution in [0.3, 0.4) is 0 Å². The van der Waals surface area contributed by atoms with Crippen LogP contribution in [0.5, 0.6) is 23.0 Å². The van der Waals surface area contributed by atoms with Gasteiger partial charge in [-0.25, -0.2) is 4.68 Å². The molecule has 13 heteroatoms. The first kappa shape index (κ1) is 29.9. The summed E-state index contributed by atoms with van der Waals surface area (Å²) < 4.78 is 29.7. The Bertz CT molecular complexity index is 1750. The van der Waals surface area contributed by atoms with Crippen molar-refractivity contribution in [2.24, 2.45) is 0 Å². The Balaban J connectivity index is 1.53. The van der Waals surface area contributed by atoms with E-state index in [2.05, 4.69) is 15.6 Å². The molecule has 45 heavy (non-hydrogen) atoms. The molecule has 0 unspecified atom stereocenters. The zero-order valence-electron chi connectivity index (χ0n) is 25.1. The van der Waals surface area contributed by atoms with Crippen molar-refractivity contribution in [3.63, 3.8) is 0 Å². The van der Waals surface area contributed by atoms with E-state index in [1.807, 2.05) is 12.1 Å².